The number of methoxy groups -OCH3 is 1. The van der Waals surface area contributed by atoms with Gasteiger partial charge in [0.1, 0.15) is 24.9 Å². The average Bonchev–Trinajstić information content (AvgIpc) is 2.86. The number of hydrogen-bond acceptors (Lipinski definition) is 7. The summed E-state index contributed by atoms with van der Waals surface area (Å²) in [6.07, 6.45) is 4.50. The van der Waals surface area contributed by atoms with Crippen molar-refractivity contribution in [3.63, 3.8) is 0 Å². The number of carbonyl (C=O) groups is 2. The summed E-state index contributed by atoms with van der Waals surface area (Å²) < 4.78 is 5.63. The molecule has 3 aromatic rings. The number of hydrogen-bond donors (Lipinski definition) is 1. The Hall–Kier alpha value is -4.29. The largest absolute Gasteiger partial charge is 0.383 e. The van der Waals surface area contributed by atoms with Gasteiger partial charge in [-0.25, -0.2) is 9.97 Å². The second kappa shape index (κ2) is 10.1. The molecule has 34 heavy (non-hydrogen) atoms. The highest BCUT2D eigenvalue weighted by atomic mass is 16.5. The van der Waals surface area contributed by atoms with E-state index in [0.29, 0.717) is 30.9 Å². The minimum Gasteiger partial charge on any atom is -0.383 e. The molecule has 0 radical (unpaired) electrons. The molecule has 1 unspecified atom stereocenters. The highest BCUT2D eigenvalue weighted by Crippen LogP contribution is 2.21. The average molecular weight is 457 g/mol. The summed E-state index contributed by atoms with van der Waals surface area (Å²) in [6, 6.07) is 14.7. The highest BCUT2D eigenvalue weighted by molar-refractivity contribution is 5.95. The Labute approximate surface area is 197 Å². The first kappa shape index (κ1) is 22.9. The van der Waals surface area contributed by atoms with Gasteiger partial charge in [0.15, 0.2) is 0 Å². The summed E-state index contributed by atoms with van der Waals surface area (Å²) in [5.41, 5.74) is 8.84. The summed E-state index contributed by atoms with van der Waals surface area (Å²) in [4.78, 5) is 36.9. The second-order valence-corrected chi connectivity index (χ2v) is 7.92. The number of fused-ring (bicyclic) bond motifs is 1. The van der Waals surface area contributed by atoms with E-state index in [1.165, 1.54) is 17.3 Å². The summed E-state index contributed by atoms with van der Waals surface area (Å²) >= 11 is 0. The van der Waals surface area contributed by atoms with Gasteiger partial charge in [0.05, 0.1) is 17.1 Å². The third-order valence-corrected chi connectivity index (χ3v) is 5.76. The number of nitrogens with zero attached hydrogens (tertiary/aromatic N) is 5. The monoisotopic (exact) mass is 456 g/mol. The molecule has 1 aromatic heterocycles. The summed E-state index contributed by atoms with van der Waals surface area (Å²) in [6.45, 7) is 0.737. The molecule has 2 heterocycles. The Balaban J connectivity index is 1.39. The fraction of sp³-hybridized carbons (Fsp3) is 0.240. The molecule has 9 heteroatoms. The molecule has 1 saturated heterocycles. The van der Waals surface area contributed by atoms with Crippen LogP contribution in [0.15, 0.2) is 54.9 Å². The molecule has 2 amide bonds. The second-order valence-electron chi connectivity index (χ2n) is 7.92. The first-order valence-corrected chi connectivity index (χ1v) is 10.8. The van der Waals surface area contributed by atoms with Crippen LogP contribution in [-0.4, -0.2) is 64.6 Å². The van der Waals surface area contributed by atoms with E-state index in [1.54, 1.807) is 36.3 Å². The maximum absolute atomic E-state index is 12.9. The molecular formula is C25H24N6O3. The van der Waals surface area contributed by atoms with Crippen LogP contribution >= 0.6 is 0 Å². The molecule has 172 valence electrons. The van der Waals surface area contributed by atoms with Crippen LogP contribution in [0, 0.1) is 11.3 Å². The van der Waals surface area contributed by atoms with Crippen molar-refractivity contribution < 1.29 is 14.3 Å². The first-order valence-electron chi connectivity index (χ1n) is 10.8. The minimum absolute atomic E-state index is 0.0251. The van der Waals surface area contributed by atoms with Crippen LogP contribution in [0.4, 0.5) is 5.82 Å². The zero-order valence-corrected chi connectivity index (χ0v) is 18.7. The van der Waals surface area contributed by atoms with Gasteiger partial charge in [0.2, 0.25) is 11.8 Å². The van der Waals surface area contributed by atoms with Crippen molar-refractivity contribution in [2.24, 2.45) is 0 Å². The molecule has 0 aliphatic carbocycles. The molecule has 1 fully saturated rings. The van der Waals surface area contributed by atoms with Crippen molar-refractivity contribution in [1.82, 2.24) is 19.8 Å². The van der Waals surface area contributed by atoms with Crippen LogP contribution in [-0.2, 0) is 20.7 Å². The van der Waals surface area contributed by atoms with Crippen molar-refractivity contribution >= 4 is 34.6 Å². The molecule has 9 nitrogen and oxygen atoms in total. The zero-order chi connectivity index (χ0) is 24.1. The Morgan fingerprint density at radius 1 is 1.26 bits per heavy atom. The fourth-order valence-electron chi connectivity index (χ4n) is 3.94. The van der Waals surface area contributed by atoms with Gasteiger partial charge >= 0.3 is 0 Å². The standard InChI is InChI=1S/C25H24N6O3/c1-34-24(13-18-5-7-20-21(12-18)28-16-29-25(20)27)31-10-9-30(15-23(31)33)22(32)8-6-17-3-2-4-19(11-17)14-26/h2-8,11-12,16,24H,9-10,13,15H2,1H3,(H2,27,28,29). The summed E-state index contributed by atoms with van der Waals surface area (Å²) in [5.74, 6) is -0.0163. The molecule has 0 bridgehead atoms. The quantitative estimate of drug-likeness (QED) is 0.562. The summed E-state index contributed by atoms with van der Waals surface area (Å²) in [5, 5.41) is 9.77. The Morgan fingerprint density at radius 2 is 2.12 bits per heavy atom. The van der Waals surface area contributed by atoms with Gasteiger partial charge in [-0.05, 0) is 41.5 Å². The lowest BCUT2D eigenvalue weighted by molar-refractivity contribution is -0.154. The Bertz CT molecular complexity index is 1300. The van der Waals surface area contributed by atoms with Gasteiger partial charge < -0.3 is 20.3 Å². The molecule has 2 N–H and O–H groups in total. The summed E-state index contributed by atoms with van der Waals surface area (Å²) in [7, 11) is 1.56. The maximum Gasteiger partial charge on any atom is 0.247 e. The number of piperazine rings is 1. The Kier molecular flexibility index (Phi) is 6.80. The number of nitrogens with two attached hydrogens (primary N) is 1. The zero-order valence-electron chi connectivity index (χ0n) is 18.7. The molecule has 1 atom stereocenters. The van der Waals surface area contributed by atoms with Crippen molar-refractivity contribution in [3.05, 3.63) is 71.6 Å². The third-order valence-electron chi connectivity index (χ3n) is 5.76. The van der Waals surface area contributed by atoms with E-state index < -0.39 is 6.23 Å². The van der Waals surface area contributed by atoms with Crippen molar-refractivity contribution in [2.45, 2.75) is 12.6 Å². The molecule has 0 saturated carbocycles. The van der Waals surface area contributed by atoms with Crippen LogP contribution in [0.3, 0.4) is 0 Å². The fourth-order valence-corrected chi connectivity index (χ4v) is 3.94. The number of rotatable bonds is 6. The highest BCUT2D eigenvalue weighted by Gasteiger charge is 2.31. The smallest absolute Gasteiger partial charge is 0.247 e. The number of amides is 2. The van der Waals surface area contributed by atoms with E-state index in [-0.39, 0.29) is 18.4 Å². The number of aromatic nitrogens is 2. The van der Waals surface area contributed by atoms with E-state index in [4.69, 9.17) is 15.7 Å². The van der Waals surface area contributed by atoms with E-state index >= 15 is 0 Å². The van der Waals surface area contributed by atoms with Crippen molar-refractivity contribution in [2.75, 3.05) is 32.5 Å². The van der Waals surface area contributed by atoms with Crippen molar-refractivity contribution in [1.29, 1.82) is 5.26 Å². The van der Waals surface area contributed by atoms with Crippen LogP contribution in [0.1, 0.15) is 16.7 Å². The minimum atomic E-state index is -0.467. The van der Waals surface area contributed by atoms with E-state index in [1.807, 2.05) is 24.3 Å². The van der Waals surface area contributed by atoms with Crippen LogP contribution < -0.4 is 5.73 Å². The number of nitriles is 1. The molecule has 2 aromatic carbocycles. The number of benzene rings is 2. The van der Waals surface area contributed by atoms with Crippen LogP contribution in [0.5, 0.6) is 0 Å². The van der Waals surface area contributed by atoms with Crippen LogP contribution in [0.25, 0.3) is 17.0 Å². The lowest BCUT2D eigenvalue weighted by atomic mass is 10.1. The Morgan fingerprint density at radius 3 is 2.88 bits per heavy atom. The van der Waals surface area contributed by atoms with Gasteiger partial charge in [-0.2, -0.15) is 5.26 Å². The predicted octanol–water partition coefficient (Wildman–Crippen LogP) is 1.98. The SMILES string of the molecule is COC(Cc1ccc2c(N)ncnc2c1)N1CCN(C(=O)C=Cc2cccc(C#N)c2)CC1=O. The first-order chi connectivity index (χ1) is 16.5. The van der Waals surface area contributed by atoms with E-state index in [0.717, 1.165) is 22.0 Å². The van der Waals surface area contributed by atoms with Gasteiger partial charge in [-0.3, -0.25) is 9.59 Å². The van der Waals surface area contributed by atoms with Crippen molar-refractivity contribution in [3.8, 4) is 6.07 Å². The van der Waals surface area contributed by atoms with E-state index in [2.05, 4.69) is 16.0 Å². The molecule has 0 spiro atoms. The van der Waals surface area contributed by atoms with Gasteiger partial charge in [-0.15, -0.1) is 0 Å². The molecule has 1 aliphatic rings. The van der Waals surface area contributed by atoms with Gasteiger partial charge in [-0.1, -0.05) is 18.2 Å². The number of ether oxygens (including phenoxy) is 1. The number of anilines is 1. The lowest BCUT2D eigenvalue weighted by Crippen LogP contribution is -2.56. The predicted molar refractivity (Wildman–Crippen MR) is 127 cm³/mol. The topological polar surface area (TPSA) is 125 Å². The molecule has 4 rings (SSSR count). The van der Waals surface area contributed by atoms with E-state index in [9.17, 15) is 9.59 Å². The number of carbonyl (C=O) groups excluding carboxylic acids is 2. The lowest BCUT2D eigenvalue weighted by Gasteiger charge is -2.38. The van der Waals surface area contributed by atoms with Gasteiger partial charge in [0, 0.05) is 38.1 Å². The van der Waals surface area contributed by atoms with Crippen LogP contribution in [0.2, 0.25) is 0 Å². The third kappa shape index (κ3) is 5.03. The van der Waals surface area contributed by atoms with Gasteiger partial charge in [0.25, 0.3) is 0 Å². The number of nitrogen functional groups attached to an aromatic ring is 1. The normalized spacial score (nSPS) is 15.0. The maximum atomic E-state index is 12.9. The molecular weight excluding hydrogens is 432 g/mol. The molecule has 1 aliphatic heterocycles.